The molecule has 0 aliphatic carbocycles. The van der Waals surface area contributed by atoms with Crippen LogP contribution in [0.2, 0.25) is 0 Å². The molecule has 2 heterocycles. The van der Waals surface area contributed by atoms with Crippen molar-refractivity contribution in [2.24, 2.45) is 4.99 Å². The van der Waals surface area contributed by atoms with Crippen LogP contribution in [0.5, 0.6) is 0 Å². The summed E-state index contributed by atoms with van der Waals surface area (Å²) in [4.78, 5) is 22.7. The molecular weight excluding hydrogens is 489 g/mol. The summed E-state index contributed by atoms with van der Waals surface area (Å²) in [5, 5.41) is 8.40. The van der Waals surface area contributed by atoms with Crippen molar-refractivity contribution in [3.8, 4) is 0 Å². The normalized spacial score (nSPS) is 16.4. The van der Waals surface area contributed by atoms with Gasteiger partial charge in [-0.1, -0.05) is 13.0 Å². The predicted octanol–water partition coefficient (Wildman–Crippen LogP) is 1.82. The molecule has 7 nitrogen and oxygen atoms in total. The minimum atomic E-state index is 0. The summed E-state index contributed by atoms with van der Waals surface area (Å²) in [7, 11) is 1.63. The largest absolute Gasteiger partial charge is 0.383 e. The monoisotopic (exact) mass is 523 g/mol. The van der Waals surface area contributed by atoms with Crippen LogP contribution in [0, 0.1) is 0 Å². The Bertz CT molecular complexity index is 577. The van der Waals surface area contributed by atoms with E-state index in [1.807, 2.05) is 0 Å². The van der Waals surface area contributed by atoms with Gasteiger partial charge in [0.15, 0.2) is 5.96 Å². The highest BCUT2D eigenvalue weighted by Crippen LogP contribution is 2.20. The molecule has 160 valence electrons. The molecule has 0 radical (unpaired) electrons. The number of thiophene rings is 1. The van der Waals surface area contributed by atoms with Crippen LogP contribution < -0.4 is 10.6 Å². The number of methoxy groups -OCH3 is 1. The first-order valence-electron chi connectivity index (χ1n) is 9.68. The van der Waals surface area contributed by atoms with Crippen molar-refractivity contribution >= 4 is 47.2 Å². The smallest absolute Gasteiger partial charge is 0.234 e. The van der Waals surface area contributed by atoms with E-state index in [1.165, 1.54) is 4.88 Å². The van der Waals surface area contributed by atoms with E-state index in [-0.39, 0.29) is 29.9 Å². The molecule has 1 amide bonds. The number of aliphatic imine (C=N–C) groups is 1. The first kappa shape index (κ1) is 25.1. The van der Waals surface area contributed by atoms with E-state index >= 15 is 0 Å². The Morgan fingerprint density at radius 1 is 1.32 bits per heavy atom. The fourth-order valence-corrected chi connectivity index (χ4v) is 3.76. The number of hydrogen-bond acceptors (Lipinski definition) is 5. The van der Waals surface area contributed by atoms with Gasteiger partial charge < -0.3 is 20.3 Å². The topological polar surface area (TPSA) is 69.2 Å². The maximum atomic E-state index is 11.9. The molecule has 2 N–H and O–H groups in total. The molecule has 1 unspecified atom stereocenters. The molecule has 0 saturated carbocycles. The lowest BCUT2D eigenvalue weighted by atomic mass is 10.1. The molecule has 1 atom stereocenters. The average Bonchev–Trinajstić information content (AvgIpc) is 3.21. The van der Waals surface area contributed by atoms with E-state index in [9.17, 15) is 4.79 Å². The van der Waals surface area contributed by atoms with Crippen LogP contribution in [0.3, 0.4) is 0 Å². The quantitative estimate of drug-likeness (QED) is 0.224. The molecule has 0 bridgehead atoms. The van der Waals surface area contributed by atoms with Gasteiger partial charge in [0.25, 0.3) is 0 Å². The molecule has 28 heavy (non-hydrogen) atoms. The summed E-state index contributed by atoms with van der Waals surface area (Å²) < 4.78 is 4.95. The van der Waals surface area contributed by atoms with Crippen molar-refractivity contribution in [1.82, 2.24) is 20.4 Å². The van der Waals surface area contributed by atoms with Crippen LogP contribution in [-0.2, 0) is 9.53 Å². The summed E-state index contributed by atoms with van der Waals surface area (Å²) in [5.41, 5.74) is 0. The molecular formula is C19H34IN5O2S. The van der Waals surface area contributed by atoms with Gasteiger partial charge in [0.1, 0.15) is 0 Å². The summed E-state index contributed by atoms with van der Waals surface area (Å²) >= 11 is 1.79. The SMILES string of the molecule is CCNC(=NCC(C)c1cccs1)N1CCN(CC(=O)NCCOC)CC1.I. The van der Waals surface area contributed by atoms with E-state index in [0.29, 0.717) is 25.6 Å². The van der Waals surface area contributed by atoms with Crippen LogP contribution in [0.15, 0.2) is 22.5 Å². The average molecular weight is 523 g/mol. The third-order valence-corrected chi connectivity index (χ3v) is 5.65. The van der Waals surface area contributed by atoms with Gasteiger partial charge in [-0.3, -0.25) is 14.7 Å². The molecule has 2 rings (SSSR count). The Kier molecular flexibility index (Phi) is 12.7. The second-order valence-electron chi connectivity index (χ2n) is 6.72. The van der Waals surface area contributed by atoms with Gasteiger partial charge in [0.05, 0.1) is 19.7 Å². The molecule has 1 fully saturated rings. The number of nitrogens with one attached hydrogen (secondary N) is 2. The number of guanidine groups is 1. The Morgan fingerprint density at radius 3 is 2.68 bits per heavy atom. The maximum Gasteiger partial charge on any atom is 0.234 e. The highest BCUT2D eigenvalue weighted by Gasteiger charge is 2.21. The zero-order chi connectivity index (χ0) is 19.5. The van der Waals surface area contributed by atoms with Gasteiger partial charge in [-0.2, -0.15) is 0 Å². The predicted molar refractivity (Wildman–Crippen MR) is 127 cm³/mol. The maximum absolute atomic E-state index is 11.9. The second kappa shape index (κ2) is 14.1. The highest BCUT2D eigenvalue weighted by atomic mass is 127. The lowest BCUT2D eigenvalue weighted by Gasteiger charge is -2.36. The number of ether oxygens (including phenoxy) is 1. The van der Waals surface area contributed by atoms with E-state index in [1.54, 1.807) is 18.4 Å². The Balaban J connectivity index is 0.00000392. The zero-order valence-corrected chi connectivity index (χ0v) is 20.3. The second-order valence-corrected chi connectivity index (χ2v) is 7.70. The van der Waals surface area contributed by atoms with E-state index < -0.39 is 0 Å². The summed E-state index contributed by atoms with van der Waals surface area (Å²) in [5.74, 6) is 1.46. The number of piperazine rings is 1. The highest BCUT2D eigenvalue weighted by molar-refractivity contribution is 14.0. The first-order valence-corrected chi connectivity index (χ1v) is 10.6. The minimum absolute atomic E-state index is 0. The molecule has 1 aliphatic heterocycles. The van der Waals surface area contributed by atoms with E-state index in [2.05, 4.69) is 51.8 Å². The van der Waals surface area contributed by atoms with Crippen molar-refractivity contribution < 1.29 is 9.53 Å². The Labute approximate surface area is 189 Å². The standard InChI is InChI=1S/C19H33N5O2S.HI/c1-4-20-19(22-14-16(2)17-6-5-13-27-17)24-10-8-23(9-11-24)15-18(25)21-7-12-26-3;/h5-6,13,16H,4,7-12,14-15H2,1-3H3,(H,20,22)(H,21,25);1H. The van der Waals surface area contributed by atoms with Crippen molar-refractivity contribution in [2.75, 3.05) is 66.1 Å². The zero-order valence-electron chi connectivity index (χ0n) is 17.1. The molecule has 1 aliphatic rings. The fraction of sp³-hybridized carbons (Fsp3) is 0.684. The Hall–Kier alpha value is -0.910. The summed E-state index contributed by atoms with van der Waals surface area (Å²) in [6.45, 7) is 11.0. The Morgan fingerprint density at radius 2 is 2.07 bits per heavy atom. The van der Waals surface area contributed by atoms with Crippen molar-refractivity contribution in [3.63, 3.8) is 0 Å². The van der Waals surface area contributed by atoms with Gasteiger partial charge in [-0.15, -0.1) is 35.3 Å². The summed E-state index contributed by atoms with van der Waals surface area (Å²) in [6, 6.07) is 4.27. The van der Waals surface area contributed by atoms with Crippen molar-refractivity contribution in [3.05, 3.63) is 22.4 Å². The fourth-order valence-electron chi connectivity index (χ4n) is 2.98. The van der Waals surface area contributed by atoms with Gasteiger partial charge in [0.2, 0.25) is 5.91 Å². The molecule has 1 aromatic rings. The molecule has 9 heteroatoms. The van der Waals surface area contributed by atoms with Gasteiger partial charge in [-0.25, -0.2) is 0 Å². The van der Waals surface area contributed by atoms with E-state index in [0.717, 1.165) is 45.2 Å². The number of amides is 1. The van der Waals surface area contributed by atoms with Crippen molar-refractivity contribution in [2.45, 2.75) is 19.8 Å². The van der Waals surface area contributed by atoms with Gasteiger partial charge in [-0.05, 0) is 18.4 Å². The number of rotatable bonds is 9. The van der Waals surface area contributed by atoms with Crippen LogP contribution in [0.25, 0.3) is 0 Å². The number of halogens is 1. The third-order valence-electron chi connectivity index (χ3n) is 4.55. The number of hydrogen-bond donors (Lipinski definition) is 2. The molecule has 0 spiro atoms. The third kappa shape index (κ3) is 8.62. The van der Waals surface area contributed by atoms with Gasteiger partial charge >= 0.3 is 0 Å². The lowest BCUT2D eigenvalue weighted by molar-refractivity contribution is -0.122. The summed E-state index contributed by atoms with van der Waals surface area (Å²) in [6.07, 6.45) is 0. The number of nitrogens with zero attached hydrogens (tertiary/aromatic N) is 3. The number of carbonyl (C=O) groups excluding carboxylic acids is 1. The molecule has 1 aromatic heterocycles. The lowest BCUT2D eigenvalue weighted by Crippen LogP contribution is -2.54. The van der Waals surface area contributed by atoms with Crippen LogP contribution in [-0.4, -0.2) is 87.7 Å². The van der Waals surface area contributed by atoms with Crippen LogP contribution >= 0.6 is 35.3 Å². The number of carbonyl (C=O) groups is 1. The molecule has 0 aromatic carbocycles. The first-order chi connectivity index (χ1) is 13.1. The van der Waals surface area contributed by atoms with Crippen LogP contribution in [0.1, 0.15) is 24.6 Å². The van der Waals surface area contributed by atoms with Crippen LogP contribution in [0.4, 0.5) is 0 Å². The minimum Gasteiger partial charge on any atom is -0.383 e. The van der Waals surface area contributed by atoms with Crippen molar-refractivity contribution in [1.29, 1.82) is 0 Å². The van der Waals surface area contributed by atoms with Gasteiger partial charge in [0, 0.05) is 57.2 Å². The van der Waals surface area contributed by atoms with E-state index in [4.69, 9.17) is 9.73 Å². The molecule has 1 saturated heterocycles.